The Morgan fingerprint density at radius 2 is 2.32 bits per heavy atom. The Morgan fingerprint density at radius 3 is 2.74 bits per heavy atom. The third-order valence-corrected chi connectivity index (χ3v) is 2.15. The van der Waals surface area contributed by atoms with Crippen molar-refractivity contribution in [3.8, 4) is 6.07 Å². The second-order valence-electron chi connectivity index (χ2n) is 3.32. The molecular formula is C10H7F2N3O4. The number of hydrogen-bond acceptors (Lipinski definition) is 6. The summed E-state index contributed by atoms with van der Waals surface area (Å²) in [5, 5.41) is 19.4. The van der Waals surface area contributed by atoms with Crippen LogP contribution in [0.4, 0.5) is 14.5 Å². The number of carbonyl (C=O) groups excluding carboxylic acids is 1. The van der Waals surface area contributed by atoms with Crippen LogP contribution in [0.3, 0.4) is 0 Å². The van der Waals surface area contributed by atoms with E-state index in [2.05, 4.69) is 9.72 Å². The summed E-state index contributed by atoms with van der Waals surface area (Å²) in [5.41, 5.74) is -2.90. The molecule has 100 valence electrons. The smallest absolute Gasteiger partial charge is 0.311 e. The normalized spacial score (nSPS) is 10.1. The molecule has 0 bridgehead atoms. The SMILES string of the molecule is COC(=O)Cc1cc([N+](=O)[O-])c(C#N)c(C(F)F)n1. The predicted octanol–water partition coefficient (Wildman–Crippen LogP) is 1.51. The molecule has 0 radical (unpaired) electrons. The molecule has 0 atom stereocenters. The van der Waals surface area contributed by atoms with Crippen molar-refractivity contribution in [1.82, 2.24) is 4.98 Å². The van der Waals surface area contributed by atoms with Crippen LogP contribution in [0.2, 0.25) is 0 Å². The molecule has 0 spiro atoms. The maximum absolute atomic E-state index is 12.7. The van der Waals surface area contributed by atoms with Crippen molar-refractivity contribution in [2.45, 2.75) is 12.8 Å². The van der Waals surface area contributed by atoms with Crippen LogP contribution in [-0.2, 0) is 16.0 Å². The number of pyridine rings is 1. The molecule has 1 heterocycles. The molecule has 1 aromatic heterocycles. The Hall–Kier alpha value is -2.63. The van der Waals surface area contributed by atoms with Crippen LogP contribution in [0.5, 0.6) is 0 Å². The van der Waals surface area contributed by atoms with Gasteiger partial charge in [0.25, 0.3) is 12.1 Å². The fraction of sp³-hybridized carbons (Fsp3) is 0.300. The maximum Gasteiger partial charge on any atom is 0.311 e. The van der Waals surface area contributed by atoms with E-state index in [0.29, 0.717) is 0 Å². The Labute approximate surface area is 105 Å². The molecule has 7 nitrogen and oxygen atoms in total. The molecule has 19 heavy (non-hydrogen) atoms. The van der Waals surface area contributed by atoms with Gasteiger partial charge in [-0.05, 0) is 0 Å². The van der Waals surface area contributed by atoms with E-state index in [1.807, 2.05) is 0 Å². The van der Waals surface area contributed by atoms with E-state index in [-0.39, 0.29) is 5.69 Å². The van der Waals surface area contributed by atoms with Crippen molar-refractivity contribution in [3.05, 3.63) is 33.1 Å². The molecule has 0 unspecified atom stereocenters. The van der Waals surface area contributed by atoms with E-state index < -0.39 is 40.7 Å². The fourth-order valence-electron chi connectivity index (χ4n) is 1.33. The van der Waals surface area contributed by atoms with Crippen molar-refractivity contribution in [2.75, 3.05) is 7.11 Å². The number of carbonyl (C=O) groups is 1. The molecule has 1 rings (SSSR count). The lowest BCUT2D eigenvalue weighted by Gasteiger charge is -2.06. The minimum Gasteiger partial charge on any atom is -0.469 e. The van der Waals surface area contributed by atoms with Gasteiger partial charge in [0.15, 0.2) is 5.56 Å². The molecule has 9 heteroatoms. The zero-order valence-electron chi connectivity index (χ0n) is 9.59. The Balaban J connectivity index is 3.42. The van der Waals surface area contributed by atoms with Gasteiger partial charge >= 0.3 is 5.97 Å². The van der Waals surface area contributed by atoms with Gasteiger partial charge in [0, 0.05) is 6.07 Å². The number of halogens is 2. The summed E-state index contributed by atoms with van der Waals surface area (Å²) < 4.78 is 29.7. The molecular weight excluding hydrogens is 264 g/mol. The van der Waals surface area contributed by atoms with Crippen LogP contribution in [0.15, 0.2) is 6.07 Å². The summed E-state index contributed by atoms with van der Waals surface area (Å²) in [6.45, 7) is 0. The van der Waals surface area contributed by atoms with Crippen LogP contribution in [0.25, 0.3) is 0 Å². The first kappa shape index (κ1) is 14.4. The summed E-state index contributed by atoms with van der Waals surface area (Å²) in [7, 11) is 1.08. The number of hydrogen-bond donors (Lipinski definition) is 0. The minimum absolute atomic E-state index is 0.257. The number of nitrogens with zero attached hydrogens (tertiary/aromatic N) is 3. The first-order valence-electron chi connectivity index (χ1n) is 4.84. The Kier molecular flexibility index (Phi) is 4.41. The summed E-state index contributed by atoms with van der Waals surface area (Å²) in [6.07, 6.45) is -3.66. The van der Waals surface area contributed by atoms with Crippen LogP contribution in [0, 0.1) is 21.4 Å². The van der Waals surface area contributed by atoms with Crippen molar-refractivity contribution >= 4 is 11.7 Å². The summed E-state index contributed by atoms with van der Waals surface area (Å²) in [4.78, 5) is 24.2. The first-order chi connectivity index (χ1) is 8.90. The van der Waals surface area contributed by atoms with Gasteiger partial charge in [-0.2, -0.15) is 5.26 Å². The quantitative estimate of drug-likeness (QED) is 0.466. The number of ether oxygens (including phenoxy) is 1. The number of nitriles is 1. The number of nitro groups is 1. The third kappa shape index (κ3) is 3.19. The molecule has 0 aliphatic rings. The van der Waals surface area contributed by atoms with E-state index >= 15 is 0 Å². The average molecular weight is 271 g/mol. The van der Waals surface area contributed by atoms with E-state index in [0.717, 1.165) is 13.2 Å². The lowest BCUT2D eigenvalue weighted by atomic mass is 10.1. The summed E-state index contributed by atoms with van der Waals surface area (Å²) in [6, 6.07) is 2.13. The number of rotatable bonds is 4. The van der Waals surface area contributed by atoms with Crippen LogP contribution in [0.1, 0.15) is 23.4 Å². The van der Waals surface area contributed by atoms with Gasteiger partial charge in [0.2, 0.25) is 0 Å². The van der Waals surface area contributed by atoms with Crippen molar-refractivity contribution in [2.24, 2.45) is 0 Å². The van der Waals surface area contributed by atoms with E-state index in [4.69, 9.17) is 5.26 Å². The van der Waals surface area contributed by atoms with Crippen molar-refractivity contribution < 1.29 is 23.2 Å². The highest BCUT2D eigenvalue weighted by atomic mass is 19.3. The van der Waals surface area contributed by atoms with Gasteiger partial charge in [0.05, 0.1) is 24.1 Å². The molecule has 0 aromatic carbocycles. The topological polar surface area (TPSA) is 106 Å². The predicted molar refractivity (Wildman–Crippen MR) is 56.3 cm³/mol. The zero-order chi connectivity index (χ0) is 14.6. The van der Waals surface area contributed by atoms with E-state index in [9.17, 15) is 23.7 Å². The molecule has 1 aromatic rings. The lowest BCUT2D eigenvalue weighted by Crippen LogP contribution is -2.10. The molecule has 0 aliphatic carbocycles. The van der Waals surface area contributed by atoms with Crippen molar-refractivity contribution in [3.63, 3.8) is 0 Å². The van der Waals surface area contributed by atoms with Gasteiger partial charge < -0.3 is 4.74 Å². The largest absolute Gasteiger partial charge is 0.469 e. The second kappa shape index (κ2) is 5.81. The molecule has 0 saturated carbocycles. The second-order valence-corrected chi connectivity index (χ2v) is 3.32. The van der Waals surface area contributed by atoms with Crippen molar-refractivity contribution in [1.29, 1.82) is 5.26 Å². The standard InChI is InChI=1S/C10H7F2N3O4/c1-19-8(16)3-5-2-7(15(17)18)6(4-13)9(14-5)10(11)12/h2,10H,3H2,1H3. The number of aromatic nitrogens is 1. The van der Waals surface area contributed by atoms with Crippen LogP contribution >= 0.6 is 0 Å². The third-order valence-electron chi connectivity index (χ3n) is 2.15. The Bertz CT molecular complexity index is 569. The molecule has 0 aliphatic heterocycles. The average Bonchev–Trinajstić information content (AvgIpc) is 2.37. The van der Waals surface area contributed by atoms with Crippen LogP contribution in [-0.4, -0.2) is 23.0 Å². The van der Waals surface area contributed by atoms with Crippen LogP contribution < -0.4 is 0 Å². The molecule has 0 amide bonds. The van der Waals surface area contributed by atoms with Gasteiger partial charge in [-0.3, -0.25) is 14.9 Å². The number of methoxy groups -OCH3 is 1. The maximum atomic E-state index is 12.7. The van der Waals surface area contributed by atoms with Gasteiger partial charge in [-0.15, -0.1) is 0 Å². The van der Waals surface area contributed by atoms with Gasteiger partial charge in [0.1, 0.15) is 11.8 Å². The highest BCUT2D eigenvalue weighted by Crippen LogP contribution is 2.28. The van der Waals surface area contributed by atoms with E-state index in [1.165, 1.54) is 6.07 Å². The number of esters is 1. The summed E-state index contributed by atoms with van der Waals surface area (Å²) >= 11 is 0. The molecule has 0 saturated heterocycles. The lowest BCUT2D eigenvalue weighted by molar-refractivity contribution is -0.385. The number of alkyl halides is 2. The minimum atomic E-state index is -3.16. The zero-order valence-corrected chi connectivity index (χ0v) is 9.59. The monoisotopic (exact) mass is 271 g/mol. The van der Waals surface area contributed by atoms with Gasteiger partial charge in [-0.1, -0.05) is 0 Å². The highest BCUT2D eigenvalue weighted by Gasteiger charge is 2.26. The van der Waals surface area contributed by atoms with E-state index in [1.54, 1.807) is 0 Å². The molecule has 0 N–H and O–H groups in total. The first-order valence-corrected chi connectivity index (χ1v) is 4.84. The Morgan fingerprint density at radius 1 is 1.68 bits per heavy atom. The van der Waals surface area contributed by atoms with Gasteiger partial charge in [-0.25, -0.2) is 13.8 Å². The highest BCUT2D eigenvalue weighted by molar-refractivity contribution is 5.72. The summed E-state index contributed by atoms with van der Waals surface area (Å²) in [5.74, 6) is -0.785. The fourth-order valence-corrected chi connectivity index (χ4v) is 1.33. The molecule has 0 fully saturated rings.